The van der Waals surface area contributed by atoms with Gasteiger partial charge in [0, 0.05) is 17.4 Å². The van der Waals surface area contributed by atoms with Gasteiger partial charge in [0.25, 0.3) is 5.91 Å². The van der Waals surface area contributed by atoms with E-state index in [0.29, 0.717) is 5.56 Å². The van der Waals surface area contributed by atoms with E-state index in [2.05, 4.69) is 5.32 Å². The Morgan fingerprint density at radius 3 is 2.21 bits per heavy atom. The number of carbonyl (C=O) groups is 2. The maximum absolute atomic E-state index is 11.3. The number of thioether (sulfide) groups is 1. The van der Waals surface area contributed by atoms with Crippen molar-refractivity contribution in [1.29, 1.82) is 0 Å². The van der Waals surface area contributed by atoms with Crippen LogP contribution in [0.1, 0.15) is 17.3 Å². The van der Waals surface area contributed by atoms with Crippen LogP contribution in [0.5, 0.6) is 0 Å². The van der Waals surface area contributed by atoms with E-state index in [-0.39, 0.29) is 11.8 Å². The van der Waals surface area contributed by atoms with E-state index in [9.17, 15) is 9.59 Å². The SMILES string of the molecule is CSc1ccc(C(=O)NC(C)=O)cc1. The first kappa shape index (κ1) is 10.8. The maximum Gasteiger partial charge on any atom is 0.257 e. The molecule has 3 nitrogen and oxygen atoms in total. The summed E-state index contributed by atoms with van der Waals surface area (Å²) in [5.74, 6) is -0.700. The summed E-state index contributed by atoms with van der Waals surface area (Å²) in [7, 11) is 0. The lowest BCUT2D eigenvalue weighted by Crippen LogP contribution is -2.27. The van der Waals surface area contributed by atoms with Gasteiger partial charge in [0.15, 0.2) is 0 Å². The Bertz CT molecular complexity index is 346. The highest BCUT2D eigenvalue weighted by atomic mass is 32.2. The van der Waals surface area contributed by atoms with Crippen molar-refractivity contribution in [2.24, 2.45) is 0 Å². The predicted molar refractivity (Wildman–Crippen MR) is 56.4 cm³/mol. The smallest absolute Gasteiger partial charge is 0.257 e. The Balaban J connectivity index is 2.76. The average Bonchev–Trinajstić information content (AvgIpc) is 2.17. The van der Waals surface area contributed by atoms with Crippen LogP contribution in [0.4, 0.5) is 0 Å². The Morgan fingerprint density at radius 2 is 1.79 bits per heavy atom. The number of carbonyl (C=O) groups excluding carboxylic acids is 2. The average molecular weight is 209 g/mol. The minimum atomic E-state index is -0.356. The van der Waals surface area contributed by atoms with E-state index >= 15 is 0 Å². The molecule has 0 aromatic heterocycles. The van der Waals surface area contributed by atoms with Gasteiger partial charge >= 0.3 is 0 Å². The van der Waals surface area contributed by atoms with E-state index in [0.717, 1.165) is 4.90 Å². The largest absolute Gasteiger partial charge is 0.293 e. The van der Waals surface area contributed by atoms with Crippen LogP contribution >= 0.6 is 11.8 Å². The van der Waals surface area contributed by atoms with Crippen molar-refractivity contribution in [3.63, 3.8) is 0 Å². The molecule has 0 radical (unpaired) electrons. The van der Waals surface area contributed by atoms with E-state index in [4.69, 9.17) is 0 Å². The zero-order chi connectivity index (χ0) is 10.6. The number of hydrogen-bond acceptors (Lipinski definition) is 3. The number of benzene rings is 1. The normalized spacial score (nSPS) is 9.57. The number of rotatable bonds is 2. The first-order chi connectivity index (χ1) is 6.63. The fourth-order valence-electron chi connectivity index (χ4n) is 0.974. The topological polar surface area (TPSA) is 46.2 Å². The van der Waals surface area contributed by atoms with Crippen LogP contribution in [0, 0.1) is 0 Å². The molecule has 0 aliphatic rings. The summed E-state index contributed by atoms with van der Waals surface area (Å²) in [4.78, 5) is 23.0. The van der Waals surface area contributed by atoms with Gasteiger partial charge in [-0.15, -0.1) is 11.8 Å². The lowest BCUT2D eigenvalue weighted by Gasteiger charge is -2.01. The van der Waals surface area contributed by atoms with Crippen molar-refractivity contribution in [2.45, 2.75) is 11.8 Å². The second-order valence-electron chi connectivity index (χ2n) is 2.74. The molecule has 0 fully saturated rings. The summed E-state index contributed by atoms with van der Waals surface area (Å²) in [5.41, 5.74) is 0.498. The fraction of sp³-hybridized carbons (Fsp3) is 0.200. The molecular weight excluding hydrogens is 198 g/mol. The van der Waals surface area contributed by atoms with E-state index < -0.39 is 0 Å². The van der Waals surface area contributed by atoms with Crippen LogP contribution in [-0.4, -0.2) is 18.1 Å². The molecule has 2 amide bonds. The van der Waals surface area contributed by atoms with Crippen molar-refractivity contribution >= 4 is 23.6 Å². The third-order valence-corrected chi connectivity index (χ3v) is 2.39. The molecule has 0 heterocycles. The van der Waals surface area contributed by atoms with E-state index in [1.165, 1.54) is 6.92 Å². The van der Waals surface area contributed by atoms with Crippen molar-refractivity contribution in [1.82, 2.24) is 5.32 Å². The summed E-state index contributed by atoms with van der Waals surface area (Å²) >= 11 is 1.60. The molecule has 0 saturated heterocycles. The molecule has 0 unspecified atom stereocenters. The summed E-state index contributed by atoms with van der Waals surface area (Å²) in [6, 6.07) is 7.09. The van der Waals surface area contributed by atoms with Crippen molar-refractivity contribution in [3.05, 3.63) is 29.8 Å². The Hall–Kier alpha value is -1.29. The lowest BCUT2D eigenvalue weighted by atomic mass is 10.2. The molecule has 14 heavy (non-hydrogen) atoms. The summed E-state index contributed by atoms with van der Waals surface area (Å²) in [6.45, 7) is 1.31. The highest BCUT2D eigenvalue weighted by Crippen LogP contribution is 2.14. The zero-order valence-electron chi connectivity index (χ0n) is 8.03. The van der Waals surface area contributed by atoms with Crippen molar-refractivity contribution in [3.8, 4) is 0 Å². The molecule has 0 saturated carbocycles. The molecule has 0 aliphatic carbocycles. The molecule has 1 rings (SSSR count). The van der Waals surface area contributed by atoms with E-state index in [1.807, 2.05) is 18.4 Å². The second kappa shape index (κ2) is 4.81. The van der Waals surface area contributed by atoms with Crippen LogP contribution in [-0.2, 0) is 4.79 Å². The minimum absolute atomic E-state index is 0.344. The lowest BCUT2D eigenvalue weighted by molar-refractivity contribution is -0.118. The van der Waals surface area contributed by atoms with Crippen LogP contribution in [0.15, 0.2) is 29.2 Å². The molecule has 1 aromatic carbocycles. The number of imide groups is 1. The summed E-state index contributed by atoms with van der Waals surface area (Å²) in [6.07, 6.45) is 1.96. The van der Waals surface area contributed by atoms with Crippen LogP contribution < -0.4 is 5.32 Å². The van der Waals surface area contributed by atoms with Gasteiger partial charge < -0.3 is 0 Å². The van der Waals surface area contributed by atoms with Crippen LogP contribution in [0.3, 0.4) is 0 Å². The molecule has 4 heteroatoms. The minimum Gasteiger partial charge on any atom is -0.293 e. The highest BCUT2D eigenvalue weighted by Gasteiger charge is 2.05. The third-order valence-electron chi connectivity index (χ3n) is 1.64. The van der Waals surface area contributed by atoms with Crippen LogP contribution in [0.25, 0.3) is 0 Å². The van der Waals surface area contributed by atoms with Gasteiger partial charge in [0.2, 0.25) is 5.91 Å². The van der Waals surface area contributed by atoms with Gasteiger partial charge in [0.05, 0.1) is 0 Å². The standard InChI is InChI=1S/C10H11NO2S/c1-7(12)11-10(13)8-3-5-9(14-2)6-4-8/h3-6H,1-2H3,(H,11,12,13). The molecule has 1 N–H and O–H groups in total. The summed E-state index contributed by atoms with van der Waals surface area (Å²) < 4.78 is 0. The molecule has 74 valence electrons. The fourth-order valence-corrected chi connectivity index (χ4v) is 1.38. The molecular formula is C10H11NO2S. The second-order valence-corrected chi connectivity index (χ2v) is 3.62. The van der Waals surface area contributed by atoms with Crippen molar-refractivity contribution < 1.29 is 9.59 Å². The van der Waals surface area contributed by atoms with Gasteiger partial charge in [-0.1, -0.05) is 0 Å². The Morgan fingerprint density at radius 1 is 1.21 bits per heavy atom. The molecule has 0 aliphatic heterocycles. The van der Waals surface area contributed by atoms with E-state index in [1.54, 1.807) is 23.9 Å². The Labute approximate surface area is 86.9 Å². The van der Waals surface area contributed by atoms with Crippen LogP contribution in [0.2, 0.25) is 0 Å². The number of amides is 2. The maximum atomic E-state index is 11.3. The van der Waals surface area contributed by atoms with Gasteiger partial charge in [0.1, 0.15) is 0 Å². The van der Waals surface area contributed by atoms with Gasteiger partial charge in [-0.05, 0) is 30.5 Å². The monoisotopic (exact) mass is 209 g/mol. The molecule has 0 bridgehead atoms. The number of hydrogen-bond donors (Lipinski definition) is 1. The van der Waals surface area contributed by atoms with Gasteiger partial charge in [-0.2, -0.15) is 0 Å². The van der Waals surface area contributed by atoms with Gasteiger partial charge in [-0.3, -0.25) is 14.9 Å². The highest BCUT2D eigenvalue weighted by molar-refractivity contribution is 7.98. The van der Waals surface area contributed by atoms with Gasteiger partial charge in [-0.25, -0.2) is 0 Å². The quantitative estimate of drug-likeness (QED) is 0.754. The molecule has 0 spiro atoms. The van der Waals surface area contributed by atoms with Crippen molar-refractivity contribution in [2.75, 3.05) is 6.26 Å². The zero-order valence-corrected chi connectivity index (χ0v) is 8.85. The number of nitrogens with one attached hydrogen (secondary N) is 1. The predicted octanol–water partition coefficient (Wildman–Crippen LogP) is 1.68. The molecule has 0 atom stereocenters. The first-order valence-electron chi connectivity index (χ1n) is 4.09. The Kier molecular flexibility index (Phi) is 3.71. The third kappa shape index (κ3) is 2.88. The summed E-state index contributed by atoms with van der Waals surface area (Å²) in [5, 5.41) is 2.21. The molecule has 1 aromatic rings. The first-order valence-corrected chi connectivity index (χ1v) is 5.32.